The minimum absolute atomic E-state index is 0.227. The van der Waals surface area contributed by atoms with Crippen molar-refractivity contribution in [1.82, 2.24) is 14.3 Å². The Balaban J connectivity index is 2.15. The highest BCUT2D eigenvalue weighted by atomic mass is 32.2. The van der Waals surface area contributed by atoms with Gasteiger partial charge in [-0.25, -0.2) is 4.98 Å². The third-order valence-electron chi connectivity index (χ3n) is 3.57. The molecule has 1 aliphatic heterocycles. The molecule has 0 aromatic carbocycles. The van der Waals surface area contributed by atoms with Crippen LogP contribution in [-0.4, -0.2) is 37.6 Å². The van der Waals surface area contributed by atoms with E-state index in [2.05, 4.69) is 16.9 Å². The Morgan fingerprint density at radius 1 is 1.40 bits per heavy atom. The minimum Gasteiger partial charge on any atom is -0.370 e. The number of amides is 1. The van der Waals surface area contributed by atoms with Gasteiger partial charge >= 0.3 is 0 Å². The van der Waals surface area contributed by atoms with Crippen LogP contribution < -0.4 is 10.9 Å². The minimum atomic E-state index is -0.240. The van der Waals surface area contributed by atoms with Crippen LogP contribution in [0, 0.1) is 0 Å². The Labute approximate surface area is 154 Å². The maximum atomic E-state index is 12.9. The van der Waals surface area contributed by atoms with Gasteiger partial charge in [0.1, 0.15) is 15.8 Å². The summed E-state index contributed by atoms with van der Waals surface area (Å²) in [5.41, 5.74) is 0.639. The number of hydrogen-bond donors (Lipinski definition) is 1. The van der Waals surface area contributed by atoms with E-state index in [1.54, 1.807) is 30.5 Å². The number of nitrogens with zero attached hydrogens (tertiary/aromatic N) is 3. The number of hydrogen-bond acceptors (Lipinski definition) is 6. The number of rotatable bonds is 5. The number of carbonyl (C=O) groups excluding carboxylic acids is 1. The van der Waals surface area contributed by atoms with Crippen molar-refractivity contribution in [1.29, 1.82) is 0 Å². The van der Waals surface area contributed by atoms with Crippen molar-refractivity contribution in [3.8, 4) is 0 Å². The van der Waals surface area contributed by atoms with Crippen molar-refractivity contribution >= 4 is 51.7 Å². The molecule has 2 aromatic rings. The van der Waals surface area contributed by atoms with Gasteiger partial charge in [-0.05, 0) is 25.1 Å². The molecular weight excluding hydrogens is 356 g/mol. The lowest BCUT2D eigenvalue weighted by Gasteiger charge is -2.11. The monoisotopic (exact) mass is 372 g/mol. The van der Waals surface area contributed by atoms with E-state index in [0.29, 0.717) is 39.3 Å². The zero-order valence-electron chi connectivity index (χ0n) is 13.6. The lowest BCUT2D eigenvalue weighted by Crippen LogP contribution is -2.28. The Morgan fingerprint density at radius 2 is 2.20 bits per heavy atom. The third kappa shape index (κ3) is 3.22. The van der Waals surface area contributed by atoms with Crippen molar-refractivity contribution < 1.29 is 4.79 Å². The van der Waals surface area contributed by atoms with Crippen LogP contribution in [-0.2, 0) is 4.79 Å². The Bertz CT molecular complexity index is 965. The molecule has 3 heterocycles. The maximum Gasteiger partial charge on any atom is 0.267 e. The molecule has 1 saturated heterocycles. The Kier molecular flexibility index (Phi) is 5.00. The van der Waals surface area contributed by atoms with Gasteiger partial charge in [-0.2, -0.15) is 0 Å². The fourth-order valence-corrected chi connectivity index (χ4v) is 3.71. The number of fused-ring (bicyclic) bond motifs is 1. The normalized spacial score (nSPS) is 16.0. The molecule has 0 saturated carbocycles. The smallest absolute Gasteiger partial charge is 0.267 e. The molecule has 0 radical (unpaired) electrons. The van der Waals surface area contributed by atoms with E-state index in [-0.39, 0.29) is 11.5 Å². The third-order valence-corrected chi connectivity index (χ3v) is 4.95. The summed E-state index contributed by atoms with van der Waals surface area (Å²) in [6, 6.07) is 5.34. The molecule has 2 aromatic heterocycles. The molecule has 0 unspecified atom stereocenters. The number of carbonyl (C=O) groups is 1. The van der Waals surface area contributed by atoms with Crippen molar-refractivity contribution in [2.24, 2.45) is 0 Å². The molecule has 1 aliphatic rings. The van der Waals surface area contributed by atoms with Crippen LogP contribution in [0.5, 0.6) is 0 Å². The molecule has 0 aliphatic carbocycles. The molecule has 1 fully saturated rings. The highest BCUT2D eigenvalue weighted by Gasteiger charge is 2.31. The van der Waals surface area contributed by atoms with Crippen molar-refractivity contribution in [3.63, 3.8) is 0 Å². The number of anilines is 1. The van der Waals surface area contributed by atoms with E-state index in [4.69, 9.17) is 12.2 Å². The van der Waals surface area contributed by atoms with Gasteiger partial charge in [0.25, 0.3) is 11.5 Å². The summed E-state index contributed by atoms with van der Waals surface area (Å²) in [6.45, 7) is 6.50. The van der Waals surface area contributed by atoms with Gasteiger partial charge in [0.2, 0.25) is 0 Å². The second-order valence-electron chi connectivity index (χ2n) is 5.22. The first-order chi connectivity index (χ1) is 12.1. The van der Waals surface area contributed by atoms with E-state index in [0.717, 1.165) is 0 Å². The molecular formula is C17H16N4O2S2. The summed E-state index contributed by atoms with van der Waals surface area (Å²) in [7, 11) is 0. The lowest BCUT2D eigenvalue weighted by molar-refractivity contribution is -0.121. The van der Waals surface area contributed by atoms with E-state index >= 15 is 0 Å². The van der Waals surface area contributed by atoms with Gasteiger partial charge in [-0.15, -0.1) is 6.58 Å². The number of thiocarbonyl (C=S) groups is 1. The number of nitrogens with one attached hydrogen (secondary N) is 1. The SMILES string of the molecule is C=CCN1C(=O)C(=Cc2c(NCC)nc3ccccn3c2=O)SC1=S. The number of aromatic nitrogens is 2. The van der Waals surface area contributed by atoms with Gasteiger partial charge in [0.15, 0.2) is 0 Å². The van der Waals surface area contributed by atoms with E-state index in [1.807, 2.05) is 13.0 Å². The highest BCUT2D eigenvalue weighted by Crippen LogP contribution is 2.32. The molecule has 1 amide bonds. The first-order valence-corrected chi connectivity index (χ1v) is 8.90. The van der Waals surface area contributed by atoms with Crippen molar-refractivity contribution in [2.45, 2.75) is 6.92 Å². The first kappa shape index (κ1) is 17.4. The van der Waals surface area contributed by atoms with Gasteiger partial charge in [0.05, 0.1) is 10.5 Å². The molecule has 25 heavy (non-hydrogen) atoms. The van der Waals surface area contributed by atoms with E-state index < -0.39 is 0 Å². The molecule has 0 spiro atoms. The molecule has 1 N–H and O–H groups in total. The summed E-state index contributed by atoms with van der Waals surface area (Å²) < 4.78 is 1.91. The van der Waals surface area contributed by atoms with E-state index in [9.17, 15) is 9.59 Å². The summed E-state index contributed by atoms with van der Waals surface area (Å²) in [5, 5.41) is 3.09. The van der Waals surface area contributed by atoms with Gasteiger partial charge in [-0.1, -0.05) is 36.1 Å². The van der Waals surface area contributed by atoms with Gasteiger partial charge in [-0.3, -0.25) is 18.9 Å². The van der Waals surface area contributed by atoms with Crippen LogP contribution in [0.15, 0.2) is 46.8 Å². The highest BCUT2D eigenvalue weighted by molar-refractivity contribution is 8.26. The molecule has 3 rings (SSSR count). The van der Waals surface area contributed by atoms with Crippen LogP contribution in [0.25, 0.3) is 11.7 Å². The standard InChI is InChI=1S/C17H16N4O2S2/c1-3-8-21-16(23)12(25-17(21)24)10-11-14(18-4-2)19-13-7-5-6-9-20(13)15(11)22/h3,5-7,9-10,18H,1,4,8H2,2H3. The molecule has 8 heteroatoms. The fraction of sp³-hybridized carbons (Fsp3) is 0.176. The quantitative estimate of drug-likeness (QED) is 0.494. The maximum absolute atomic E-state index is 12.9. The van der Waals surface area contributed by atoms with Crippen molar-refractivity contribution in [2.75, 3.05) is 18.4 Å². The van der Waals surface area contributed by atoms with Crippen LogP contribution in [0.3, 0.4) is 0 Å². The molecule has 0 atom stereocenters. The van der Waals surface area contributed by atoms with Crippen LogP contribution in [0.1, 0.15) is 12.5 Å². The molecule has 6 nitrogen and oxygen atoms in total. The number of thioether (sulfide) groups is 1. The fourth-order valence-electron chi connectivity index (χ4n) is 2.45. The predicted octanol–water partition coefficient (Wildman–Crippen LogP) is 2.51. The zero-order valence-corrected chi connectivity index (χ0v) is 15.2. The number of pyridine rings is 1. The summed E-state index contributed by atoms with van der Waals surface area (Å²) >= 11 is 6.41. The topological polar surface area (TPSA) is 66.7 Å². The van der Waals surface area contributed by atoms with Crippen LogP contribution in [0.2, 0.25) is 0 Å². The Hall–Kier alpha value is -2.45. The summed E-state index contributed by atoms with van der Waals surface area (Å²) in [4.78, 5) is 31.7. The zero-order chi connectivity index (χ0) is 18.0. The molecule has 0 bridgehead atoms. The van der Waals surface area contributed by atoms with Gasteiger partial charge < -0.3 is 5.32 Å². The largest absolute Gasteiger partial charge is 0.370 e. The Morgan fingerprint density at radius 3 is 2.92 bits per heavy atom. The van der Waals surface area contributed by atoms with Crippen molar-refractivity contribution in [3.05, 3.63) is 57.9 Å². The van der Waals surface area contributed by atoms with E-state index in [1.165, 1.54) is 21.1 Å². The average molecular weight is 372 g/mol. The summed E-state index contributed by atoms with van der Waals surface area (Å²) in [6.07, 6.45) is 4.83. The second kappa shape index (κ2) is 7.20. The predicted molar refractivity (Wildman–Crippen MR) is 106 cm³/mol. The second-order valence-corrected chi connectivity index (χ2v) is 6.90. The molecule has 128 valence electrons. The lowest BCUT2D eigenvalue weighted by atomic mass is 10.2. The van der Waals surface area contributed by atoms with Crippen LogP contribution in [0.4, 0.5) is 5.82 Å². The first-order valence-electron chi connectivity index (χ1n) is 7.68. The van der Waals surface area contributed by atoms with Crippen LogP contribution >= 0.6 is 24.0 Å². The summed E-state index contributed by atoms with van der Waals surface area (Å²) in [5.74, 6) is 0.225. The average Bonchev–Trinajstić information content (AvgIpc) is 2.86. The van der Waals surface area contributed by atoms with Gasteiger partial charge in [0, 0.05) is 19.3 Å².